The Bertz CT molecular complexity index is 513. The number of para-hydroxylation sites is 1. The number of likely N-dealkylation sites (N-methyl/N-ethyl adjacent to an activating group) is 1. The van der Waals surface area contributed by atoms with Gasteiger partial charge < -0.3 is 20.3 Å². The van der Waals surface area contributed by atoms with Gasteiger partial charge in [-0.15, -0.1) is 24.0 Å². The van der Waals surface area contributed by atoms with Crippen LogP contribution in [-0.4, -0.2) is 62.7 Å². The molecule has 0 aliphatic rings. The quantitative estimate of drug-likeness (QED) is 0.184. The number of ether oxygens (including phenoxy) is 1. The van der Waals surface area contributed by atoms with E-state index < -0.39 is 0 Å². The number of benzene rings is 1. The molecule has 0 aliphatic carbocycles. The van der Waals surface area contributed by atoms with Gasteiger partial charge in [-0.25, -0.2) is 0 Å². The van der Waals surface area contributed by atoms with Crippen molar-refractivity contribution in [1.29, 1.82) is 0 Å². The Hall–Kier alpha value is -0.670. The van der Waals surface area contributed by atoms with E-state index in [1.54, 1.807) is 0 Å². The molecule has 2 N–H and O–H groups in total. The first kappa shape index (κ1) is 26.3. The number of guanidine groups is 1. The van der Waals surface area contributed by atoms with Crippen molar-refractivity contribution in [2.75, 3.05) is 51.8 Å². The minimum atomic E-state index is 0. The summed E-state index contributed by atoms with van der Waals surface area (Å²) < 4.78 is 6.02. The number of rotatable bonds is 13. The number of halogens is 1. The fourth-order valence-electron chi connectivity index (χ4n) is 2.59. The van der Waals surface area contributed by atoms with Gasteiger partial charge in [-0.2, -0.15) is 11.8 Å². The zero-order valence-electron chi connectivity index (χ0n) is 17.3. The molecule has 0 fully saturated rings. The second-order valence-electron chi connectivity index (χ2n) is 6.04. The second-order valence-corrected chi connectivity index (χ2v) is 7.02. The number of hydrogen-bond acceptors (Lipinski definition) is 4. The number of aliphatic imine (C=N–C) groups is 1. The summed E-state index contributed by atoms with van der Waals surface area (Å²) in [4.78, 5) is 6.66. The van der Waals surface area contributed by atoms with Gasteiger partial charge >= 0.3 is 0 Å². The van der Waals surface area contributed by atoms with Crippen LogP contribution in [0.15, 0.2) is 29.3 Å². The van der Waals surface area contributed by atoms with Gasteiger partial charge in [-0.3, -0.25) is 4.99 Å². The van der Waals surface area contributed by atoms with Crippen LogP contribution >= 0.6 is 35.7 Å². The summed E-state index contributed by atoms with van der Waals surface area (Å²) in [6.45, 7) is 9.79. The van der Waals surface area contributed by atoms with E-state index >= 15 is 0 Å². The predicted molar refractivity (Wildman–Crippen MR) is 131 cm³/mol. The van der Waals surface area contributed by atoms with Crippen LogP contribution in [0.3, 0.4) is 0 Å². The van der Waals surface area contributed by atoms with Crippen LogP contribution in [-0.2, 0) is 6.54 Å². The summed E-state index contributed by atoms with van der Waals surface area (Å²) in [5.41, 5.74) is 1.15. The number of nitrogens with zero attached hydrogens (tertiary/aromatic N) is 2. The summed E-state index contributed by atoms with van der Waals surface area (Å²) in [7, 11) is 1.81. The topological polar surface area (TPSA) is 48.9 Å². The Labute approximate surface area is 187 Å². The molecule has 0 amide bonds. The van der Waals surface area contributed by atoms with Crippen molar-refractivity contribution in [2.45, 2.75) is 33.2 Å². The Morgan fingerprint density at radius 2 is 1.89 bits per heavy atom. The fourth-order valence-corrected chi connectivity index (χ4v) is 3.09. The van der Waals surface area contributed by atoms with Gasteiger partial charge in [0.1, 0.15) is 12.4 Å². The molecule has 0 spiro atoms. The minimum absolute atomic E-state index is 0. The maximum atomic E-state index is 6.02. The molecule has 5 nitrogen and oxygen atoms in total. The van der Waals surface area contributed by atoms with Crippen molar-refractivity contribution >= 4 is 41.7 Å². The third kappa shape index (κ3) is 11.7. The smallest absolute Gasteiger partial charge is 0.191 e. The maximum absolute atomic E-state index is 6.02. The standard InChI is InChI=1S/C20H36N4OS.HI/c1-5-24(6-2)14-15-25-19-12-8-7-11-18(19)17-23-20(21-3)22-13-9-10-16-26-4;/h7-8,11-12H,5-6,9-10,13-17H2,1-4H3,(H2,21,22,23);1H. The lowest BCUT2D eigenvalue weighted by Crippen LogP contribution is -2.37. The second kappa shape index (κ2) is 17.4. The lowest BCUT2D eigenvalue weighted by atomic mass is 10.2. The average Bonchev–Trinajstić information content (AvgIpc) is 2.68. The fraction of sp³-hybridized carbons (Fsp3) is 0.650. The van der Waals surface area contributed by atoms with E-state index in [2.05, 4.69) is 46.7 Å². The van der Waals surface area contributed by atoms with Gasteiger partial charge in [0, 0.05) is 32.2 Å². The Kier molecular flexibility index (Phi) is 17.0. The first-order valence-electron chi connectivity index (χ1n) is 9.61. The van der Waals surface area contributed by atoms with E-state index in [1.807, 2.05) is 37.0 Å². The van der Waals surface area contributed by atoms with E-state index in [0.29, 0.717) is 13.2 Å². The SMILES string of the molecule is CCN(CC)CCOc1ccccc1CNC(=NC)NCCCCSC.I. The van der Waals surface area contributed by atoms with E-state index in [1.165, 1.54) is 12.2 Å². The zero-order chi connectivity index (χ0) is 19.0. The van der Waals surface area contributed by atoms with Gasteiger partial charge in [-0.1, -0.05) is 32.0 Å². The molecule has 0 heterocycles. The predicted octanol–water partition coefficient (Wildman–Crippen LogP) is 3.83. The summed E-state index contributed by atoms with van der Waals surface area (Å²) in [6.07, 6.45) is 4.54. The minimum Gasteiger partial charge on any atom is -0.492 e. The Morgan fingerprint density at radius 1 is 1.15 bits per heavy atom. The molecule has 0 radical (unpaired) electrons. The molecule has 0 atom stereocenters. The monoisotopic (exact) mass is 508 g/mol. The summed E-state index contributed by atoms with van der Waals surface area (Å²) >= 11 is 1.90. The Balaban J connectivity index is 0.00000676. The number of hydrogen-bond donors (Lipinski definition) is 2. The van der Waals surface area contributed by atoms with Gasteiger partial charge in [0.15, 0.2) is 5.96 Å². The van der Waals surface area contributed by atoms with Crippen LogP contribution in [0.2, 0.25) is 0 Å². The van der Waals surface area contributed by atoms with Crippen molar-refractivity contribution in [3.63, 3.8) is 0 Å². The maximum Gasteiger partial charge on any atom is 0.191 e. The molecule has 0 aromatic heterocycles. The highest BCUT2D eigenvalue weighted by Crippen LogP contribution is 2.17. The Morgan fingerprint density at radius 3 is 2.56 bits per heavy atom. The highest BCUT2D eigenvalue weighted by molar-refractivity contribution is 14.0. The number of nitrogens with one attached hydrogen (secondary N) is 2. The van der Waals surface area contributed by atoms with Crippen LogP contribution in [0.4, 0.5) is 0 Å². The van der Waals surface area contributed by atoms with Crippen molar-refractivity contribution in [3.05, 3.63) is 29.8 Å². The van der Waals surface area contributed by atoms with Crippen molar-refractivity contribution in [1.82, 2.24) is 15.5 Å². The van der Waals surface area contributed by atoms with Gasteiger partial charge in [0.25, 0.3) is 0 Å². The van der Waals surface area contributed by atoms with Gasteiger partial charge in [0.2, 0.25) is 0 Å². The highest BCUT2D eigenvalue weighted by Gasteiger charge is 2.06. The van der Waals surface area contributed by atoms with E-state index in [9.17, 15) is 0 Å². The molecule has 0 aliphatic heterocycles. The van der Waals surface area contributed by atoms with Gasteiger partial charge in [-0.05, 0) is 44.0 Å². The van der Waals surface area contributed by atoms with Crippen LogP contribution in [0.25, 0.3) is 0 Å². The third-order valence-corrected chi connectivity index (χ3v) is 4.97. The summed E-state index contributed by atoms with van der Waals surface area (Å²) in [5.74, 6) is 3.00. The molecule has 1 aromatic rings. The van der Waals surface area contributed by atoms with E-state index in [4.69, 9.17) is 4.74 Å². The molecular formula is C20H37IN4OS. The zero-order valence-corrected chi connectivity index (χ0v) is 20.4. The van der Waals surface area contributed by atoms with E-state index in [0.717, 1.165) is 49.9 Å². The lowest BCUT2D eigenvalue weighted by Gasteiger charge is -2.19. The summed E-state index contributed by atoms with van der Waals surface area (Å²) in [6, 6.07) is 8.21. The molecule has 156 valence electrons. The molecular weight excluding hydrogens is 471 g/mol. The molecule has 0 saturated carbocycles. The first-order chi connectivity index (χ1) is 12.7. The third-order valence-electron chi connectivity index (χ3n) is 4.27. The lowest BCUT2D eigenvalue weighted by molar-refractivity contribution is 0.221. The molecule has 0 bridgehead atoms. The normalized spacial score (nSPS) is 11.2. The first-order valence-corrected chi connectivity index (χ1v) is 11.0. The molecule has 0 unspecified atom stereocenters. The van der Waals surface area contributed by atoms with E-state index in [-0.39, 0.29) is 24.0 Å². The average molecular weight is 509 g/mol. The van der Waals surface area contributed by atoms with Gasteiger partial charge in [0.05, 0.1) is 0 Å². The summed E-state index contributed by atoms with van der Waals surface area (Å²) in [5, 5.41) is 6.76. The van der Waals surface area contributed by atoms with Crippen LogP contribution < -0.4 is 15.4 Å². The van der Waals surface area contributed by atoms with Crippen molar-refractivity contribution in [2.24, 2.45) is 4.99 Å². The molecule has 27 heavy (non-hydrogen) atoms. The van der Waals surface area contributed by atoms with Crippen LogP contribution in [0.5, 0.6) is 5.75 Å². The number of thioether (sulfide) groups is 1. The van der Waals surface area contributed by atoms with Crippen molar-refractivity contribution < 1.29 is 4.74 Å². The largest absolute Gasteiger partial charge is 0.492 e. The van der Waals surface area contributed by atoms with Crippen LogP contribution in [0, 0.1) is 0 Å². The van der Waals surface area contributed by atoms with Crippen LogP contribution in [0.1, 0.15) is 32.3 Å². The molecule has 1 aromatic carbocycles. The molecule has 1 rings (SSSR count). The highest BCUT2D eigenvalue weighted by atomic mass is 127. The molecule has 0 saturated heterocycles. The van der Waals surface area contributed by atoms with Crippen molar-refractivity contribution in [3.8, 4) is 5.75 Å². The molecule has 7 heteroatoms. The number of unbranched alkanes of at least 4 members (excludes halogenated alkanes) is 1.